The molecule has 0 aliphatic heterocycles. The Kier molecular flexibility index (Phi) is 4.31. The molecule has 1 aromatic heterocycles. The zero-order valence-corrected chi connectivity index (χ0v) is 13.6. The third-order valence-corrected chi connectivity index (χ3v) is 3.83. The molecule has 10 heteroatoms. The largest absolute Gasteiger partial charge is 0.477 e. The Balaban J connectivity index is 2.84. The topological polar surface area (TPSA) is 90.4 Å². The molecule has 0 amide bonds. The summed E-state index contributed by atoms with van der Waals surface area (Å²) >= 11 is 12.0. The van der Waals surface area contributed by atoms with Gasteiger partial charge in [0.1, 0.15) is 5.52 Å². The Morgan fingerprint density at radius 2 is 1.71 bits per heavy atom. The van der Waals surface area contributed by atoms with Crippen LogP contribution < -0.4 is 14.2 Å². The summed E-state index contributed by atoms with van der Waals surface area (Å²) in [6.45, 7) is 0. The van der Waals surface area contributed by atoms with Crippen LogP contribution in [0.3, 0.4) is 0 Å². The first-order valence-corrected chi connectivity index (χ1v) is 8.17. The molecule has 21 heavy (non-hydrogen) atoms. The number of fused-ring (bicyclic) bond motifs is 1. The third kappa shape index (κ3) is 3.22. The fraction of sp³-hybridized carbons (Fsp3) is 0.273. The van der Waals surface area contributed by atoms with Crippen molar-refractivity contribution in [1.29, 1.82) is 0 Å². The molecule has 0 fully saturated rings. The summed E-state index contributed by atoms with van der Waals surface area (Å²) in [5.74, 6) is 0.244. The highest BCUT2D eigenvalue weighted by Gasteiger charge is 2.19. The highest BCUT2D eigenvalue weighted by molar-refractivity contribution is 7.92. The number of benzene rings is 1. The van der Waals surface area contributed by atoms with Crippen molar-refractivity contribution >= 4 is 49.9 Å². The molecule has 2 rings (SSSR count). The number of aromatic nitrogens is 2. The van der Waals surface area contributed by atoms with Crippen LogP contribution >= 0.6 is 23.2 Å². The number of hydrogen-bond donors (Lipinski definition) is 1. The van der Waals surface area contributed by atoms with Gasteiger partial charge < -0.3 is 9.47 Å². The lowest BCUT2D eigenvalue weighted by Gasteiger charge is -2.13. The predicted molar refractivity (Wildman–Crippen MR) is 81.1 cm³/mol. The Labute approximate surface area is 131 Å². The minimum Gasteiger partial charge on any atom is -0.477 e. The summed E-state index contributed by atoms with van der Waals surface area (Å²) in [6, 6.07) is 1.46. The Hall–Kier alpha value is -1.51. The molecule has 0 saturated carbocycles. The maximum Gasteiger partial charge on any atom is 0.278 e. The lowest BCUT2D eigenvalue weighted by Crippen LogP contribution is -2.11. The average Bonchev–Trinajstić information content (AvgIpc) is 2.41. The second kappa shape index (κ2) is 5.70. The van der Waals surface area contributed by atoms with Crippen LogP contribution in [-0.2, 0) is 10.0 Å². The molecule has 1 heterocycles. The molecular weight excluding hydrogens is 341 g/mol. The molecule has 0 saturated heterocycles. The van der Waals surface area contributed by atoms with E-state index in [-0.39, 0.29) is 33.0 Å². The molecule has 0 spiro atoms. The number of ether oxygens (including phenoxy) is 2. The van der Waals surface area contributed by atoms with Crippen molar-refractivity contribution in [2.45, 2.75) is 0 Å². The number of rotatable bonds is 4. The van der Waals surface area contributed by atoms with Gasteiger partial charge in [-0.1, -0.05) is 23.2 Å². The van der Waals surface area contributed by atoms with E-state index in [0.717, 1.165) is 6.26 Å². The van der Waals surface area contributed by atoms with E-state index in [1.807, 2.05) is 0 Å². The Bertz CT molecular complexity index is 811. The Morgan fingerprint density at radius 3 is 2.24 bits per heavy atom. The molecule has 0 unspecified atom stereocenters. The molecule has 7 nitrogen and oxygen atoms in total. The predicted octanol–water partition coefficient (Wildman–Crippen LogP) is 2.33. The molecule has 2 aromatic rings. The van der Waals surface area contributed by atoms with Gasteiger partial charge >= 0.3 is 0 Å². The average molecular weight is 352 g/mol. The van der Waals surface area contributed by atoms with Crippen LogP contribution in [0.1, 0.15) is 0 Å². The number of hydrogen-bond acceptors (Lipinski definition) is 6. The summed E-state index contributed by atoms with van der Waals surface area (Å²) < 4.78 is 35.3. The summed E-state index contributed by atoms with van der Waals surface area (Å²) in [6.07, 6.45) is 0.990. The number of sulfonamides is 1. The number of nitrogens with zero attached hydrogens (tertiary/aromatic N) is 2. The van der Waals surface area contributed by atoms with Crippen LogP contribution in [0.4, 0.5) is 5.69 Å². The van der Waals surface area contributed by atoms with Gasteiger partial charge in [-0.05, 0) is 6.07 Å². The van der Waals surface area contributed by atoms with Crippen LogP contribution in [0.15, 0.2) is 6.07 Å². The van der Waals surface area contributed by atoms with E-state index in [0.29, 0.717) is 5.52 Å². The lowest BCUT2D eigenvalue weighted by molar-refractivity contribution is 0.334. The zero-order chi connectivity index (χ0) is 15.8. The summed E-state index contributed by atoms with van der Waals surface area (Å²) in [7, 11) is -0.779. The van der Waals surface area contributed by atoms with Crippen molar-refractivity contribution in [2.75, 3.05) is 25.2 Å². The second-order valence-electron chi connectivity index (χ2n) is 4.03. The van der Waals surface area contributed by atoms with Gasteiger partial charge in [-0.25, -0.2) is 18.4 Å². The number of methoxy groups -OCH3 is 2. The van der Waals surface area contributed by atoms with Gasteiger partial charge in [-0.2, -0.15) is 0 Å². The smallest absolute Gasteiger partial charge is 0.278 e. The highest BCUT2D eigenvalue weighted by Crippen LogP contribution is 2.38. The van der Waals surface area contributed by atoms with E-state index in [1.54, 1.807) is 0 Å². The summed E-state index contributed by atoms with van der Waals surface area (Å²) in [5, 5.41) is 0.160. The molecule has 0 aliphatic rings. The molecular formula is C11H11Cl2N3O4S. The van der Waals surface area contributed by atoms with E-state index < -0.39 is 10.0 Å². The molecule has 0 atom stereocenters. The van der Waals surface area contributed by atoms with Crippen molar-refractivity contribution in [1.82, 2.24) is 9.97 Å². The molecule has 0 bridgehead atoms. The van der Waals surface area contributed by atoms with E-state index in [1.165, 1.54) is 20.3 Å². The summed E-state index contributed by atoms with van der Waals surface area (Å²) in [4.78, 5) is 8.34. The molecule has 0 radical (unpaired) electrons. The Morgan fingerprint density at radius 1 is 1.14 bits per heavy atom. The van der Waals surface area contributed by atoms with Gasteiger partial charge in [0.05, 0.1) is 41.7 Å². The fourth-order valence-electron chi connectivity index (χ4n) is 1.65. The highest BCUT2D eigenvalue weighted by atomic mass is 35.5. The maximum absolute atomic E-state index is 11.5. The standard InChI is InChI=1S/C11H11Cl2N3O4S/c1-19-10-11(20-2)15-8-6(14-10)4-5(12)7(13)9(8)16-21(3,17)18/h4,16H,1-3H3. The zero-order valence-electron chi connectivity index (χ0n) is 11.3. The van der Waals surface area contributed by atoms with Crippen LogP contribution in [0.5, 0.6) is 11.8 Å². The summed E-state index contributed by atoms with van der Waals surface area (Å²) in [5.41, 5.74) is 0.552. The minimum atomic E-state index is -3.58. The minimum absolute atomic E-state index is 0.0242. The van der Waals surface area contributed by atoms with Crippen molar-refractivity contribution in [3.05, 3.63) is 16.1 Å². The van der Waals surface area contributed by atoms with Crippen molar-refractivity contribution in [3.8, 4) is 11.8 Å². The molecule has 114 valence electrons. The van der Waals surface area contributed by atoms with Gasteiger partial charge in [-0.15, -0.1) is 0 Å². The SMILES string of the molecule is COc1nc2cc(Cl)c(Cl)c(NS(C)(=O)=O)c2nc1OC. The van der Waals surface area contributed by atoms with Gasteiger partial charge in [0.2, 0.25) is 10.0 Å². The number of anilines is 1. The first-order valence-electron chi connectivity index (χ1n) is 5.52. The van der Waals surface area contributed by atoms with Crippen LogP contribution in [0.25, 0.3) is 11.0 Å². The molecule has 0 aliphatic carbocycles. The number of nitrogens with one attached hydrogen (secondary N) is 1. The third-order valence-electron chi connectivity index (χ3n) is 2.46. The monoisotopic (exact) mass is 351 g/mol. The first-order chi connectivity index (χ1) is 9.76. The van der Waals surface area contributed by atoms with Gasteiger partial charge in [0, 0.05) is 0 Å². The van der Waals surface area contributed by atoms with Crippen LogP contribution in [0.2, 0.25) is 10.0 Å². The fourth-order valence-corrected chi connectivity index (χ4v) is 2.67. The first kappa shape index (κ1) is 15.9. The van der Waals surface area contributed by atoms with E-state index in [9.17, 15) is 8.42 Å². The molecule has 1 aromatic carbocycles. The van der Waals surface area contributed by atoms with Gasteiger partial charge in [0.15, 0.2) is 0 Å². The van der Waals surface area contributed by atoms with Crippen molar-refractivity contribution in [2.24, 2.45) is 0 Å². The number of halogens is 2. The van der Waals surface area contributed by atoms with Crippen LogP contribution in [-0.4, -0.2) is 38.9 Å². The maximum atomic E-state index is 11.5. The van der Waals surface area contributed by atoms with Crippen molar-refractivity contribution < 1.29 is 17.9 Å². The normalized spacial score (nSPS) is 11.5. The van der Waals surface area contributed by atoms with E-state index in [4.69, 9.17) is 32.7 Å². The quantitative estimate of drug-likeness (QED) is 0.908. The van der Waals surface area contributed by atoms with E-state index in [2.05, 4.69) is 14.7 Å². The van der Waals surface area contributed by atoms with Gasteiger partial charge in [-0.3, -0.25) is 4.72 Å². The van der Waals surface area contributed by atoms with E-state index >= 15 is 0 Å². The lowest BCUT2D eigenvalue weighted by atomic mass is 10.2. The van der Waals surface area contributed by atoms with Crippen LogP contribution in [0, 0.1) is 0 Å². The molecule has 1 N–H and O–H groups in total. The van der Waals surface area contributed by atoms with Gasteiger partial charge in [0.25, 0.3) is 11.8 Å². The van der Waals surface area contributed by atoms with Crippen molar-refractivity contribution in [3.63, 3.8) is 0 Å². The second-order valence-corrected chi connectivity index (χ2v) is 6.57.